The highest BCUT2D eigenvalue weighted by atomic mass is 14.9. The normalized spacial score (nSPS) is 10.7. The predicted molar refractivity (Wildman–Crippen MR) is 75.5 cm³/mol. The molecule has 0 unspecified atom stereocenters. The molecule has 0 aromatic heterocycles. The monoisotopic (exact) mass is 234 g/mol. The van der Waals surface area contributed by atoms with Gasteiger partial charge in [-0.1, -0.05) is 36.8 Å². The first-order chi connectivity index (χ1) is 8.33. The Bertz CT molecular complexity index is 279. The summed E-state index contributed by atoms with van der Waals surface area (Å²) in [4.78, 5) is 0. The summed E-state index contributed by atoms with van der Waals surface area (Å²) in [5.74, 6) is 0. The second kappa shape index (κ2) is 9.20. The lowest BCUT2D eigenvalue weighted by Gasteiger charge is -2.05. The zero-order valence-corrected chi connectivity index (χ0v) is 11.3. The topological polar surface area (TPSA) is 24.1 Å². The molecule has 0 spiro atoms. The summed E-state index contributed by atoms with van der Waals surface area (Å²) >= 11 is 0. The second-order valence-electron chi connectivity index (χ2n) is 4.55. The average Bonchev–Trinajstić information content (AvgIpc) is 2.35. The molecule has 0 fully saturated rings. The Morgan fingerprint density at radius 2 is 1.53 bits per heavy atom. The van der Waals surface area contributed by atoms with E-state index < -0.39 is 0 Å². The average molecular weight is 234 g/mol. The van der Waals surface area contributed by atoms with Crippen molar-refractivity contribution < 1.29 is 0 Å². The van der Waals surface area contributed by atoms with Gasteiger partial charge in [-0.25, -0.2) is 0 Å². The van der Waals surface area contributed by atoms with Gasteiger partial charge in [-0.15, -0.1) is 0 Å². The summed E-state index contributed by atoms with van der Waals surface area (Å²) in [6.45, 7) is 8.74. The molecule has 0 bridgehead atoms. The maximum atomic E-state index is 3.49. The Kier molecular flexibility index (Phi) is 7.69. The van der Waals surface area contributed by atoms with Crippen molar-refractivity contribution in [2.24, 2.45) is 0 Å². The zero-order valence-electron chi connectivity index (χ0n) is 11.3. The molecule has 0 amide bonds. The van der Waals surface area contributed by atoms with Crippen LogP contribution in [0.3, 0.4) is 0 Å². The third-order valence-corrected chi connectivity index (χ3v) is 2.90. The fourth-order valence-electron chi connectivity index (χ4n) is 1.81. The summed E-state index contributed by atoms with van der Waals surface area (Å²) < 4.78 is 0. The minimum Gasteiger partial charge on any atom is -0.317 e. The number of benzene rings is 1. The second-order valence-corrected chi connectivity index (χ2v) is 4.55. The third kappa shape index (κ3) is 7.14. The van der Waals surface area contributed by atoms with Crippen LogP contribution in [0.4, 0.5) is 0 Å². The van der Waals surface area contributed by atoms with Crippen molar-refractivity contribution in [2.45, 2.75) is 33.1 Å². The summed E-state index contributed by atoms with van der Waals surface area (Å²) in [7, 11) is 0. The smallest absolute Gasteiger partial charge is 0.00368 e. The fraction of sp³-hybridized carbons (Fsp3) is 0.600. The van der Waals surface area contributed by atoms with E-state index >= 15 is 0 Å². The van der Waals surface area contributed by atoms with Gasteiger partial charge in [0.15, 0.2) is 0 Å². The molecule has 17 heavy (non-hydrogen) atoms. The molecule has 96 valence electrons. The van der Waals surface area contributed by atoms with Gasteiger partial charge in [0, 0.05) is 0 Å². The molecule has 1 rings (SSSR count). The Morgan fingerprint density at radius 3 is 2.24 bits per heavy atom. The predicted octanol–water partition coefficient (Wildman–Crippen LogP) is 2.52. The van der Waals surface area contributed by atoms with Crippen LogP contribution in [0.5, 0.6) is 0 Å². The van der Waals surface area contributed by atoms with Crippen LogP contribution in [0.15, 0.2) is 24.3 Å². The van der Waals surface area contributed by atoms with Gasteiger partial charge in [-0.05, 0) is 57.9 Å². The van der Waals surface area contributed by atoms with E-state index in [1.165, 1.54) is 30.4 Å². The summed E-state index contributed by atoms with van der Waals surface area (Å²) in [6, 6.07) is 8.86. The lowest BCUT2D eigenvalue weighted by Crippen LogP contribution is -2.22. The van der Waals surface area contributed by atoms with Gasteiger partial charge in [0.05, 0.1) is 0 Å². The molecule has 0 saturated carbocycles. The Morgan fingerprint density at radius 1 is 0.882 bits per heavy atom. The number of hydrogen-bond donors (Lipinski definition) is 2. The number of aryl methyl sites for hydroxylation is 2. The minimum absolute atomic E-state index is 1.08. The van der Waals surface area contributed by atoms with Gasteiger partial charge in [0.25, 0.3) is 0 Å². The van der Waals surface area contributed by atoms with Crippen LogP contribution < -0.4 is 10.6 Å². The lowest BCUT2D eigenvalue weighted by molar-refractivity contribution is 0.592. The molecule has 0 radical (unpaired) electrons. The van der Waals surface area contributed by atoms with E-state index in [9.17, 15) is 0 Å². The highest BCUT2D eigenvalue weighted by Gasteiger charge is 1.93. The standard InChI is InChI=1S/C15H26N2/c1-3-16-12-5-13-17-11-4-6-15-9-7-14(2)8-10-15/h7-10,16-17H,3-6,11-13H2,1-2H3. The van der Waals surface area contributed by atoms with Gasteiger partial charge < -0.3 is 10.6 Å². The van der Waals surface area contributed by atoms with E-state index in [2.05, 4.69) is 48.7 Å². The molecule has 0 heterocycles. The van der Waals surface area contributed by atoms with Crippen LogP contribution in [0.2, 0.25) is 0 Å². The van der Waals surface area contributed by atoms with E-state index in [1.807, 2.05) is 0 Å². The van der Waals surface area contributed by atoms with E-state index in [-0.39, 0.29) is 0 Å². The summed E-state index contributed by atoms with van der Waals surface area (Å²) in [5.41, 5.74) is 2.79. The van der Waals surface area contributed by atoms with Gasteiger partial charge in [0.1, 0.15) is 0 Å². The van der Waals surface area contributed by atoms with Gasteiger partial charge in [0.2, 0.25) is 0 Å². The zero-order chi connectivity index (χ0) is 12.3. The molecule has 2 heteroatoms. The SMILES string of the molecule is CCNCCCNCCCc1ccc(C)cc1. The Hall–Kier alpha value is -0.860. The van der Waals surface area contributed by atoms with E-state index in [0.717, 1.165) is 26.2 Å². The quantitative estimate of drug-likeness (QED) is 0.642. The van der Waals surface area contributed by atoms with E-state index in [0.29, 0.717) is 0 Å². The molecule has 2 N–H and O–H groups in total. The van der Waals surface area contributed by atoms with E-state index in [1.54, 1.807) is 0 Å². The molecule has 1 aromatic rings. The lowest BCUT2D eigenvalue weighted by atomic mass is 10.1. The fourth-order valence-corrected chi connectivity index (χ4v) is 1.81. The molecule has 1 aromatic carbocycles. The van der Waals surface area contributed by atoms with Crippen LogP contribution in [0.25, 0.3) is 0 Å². The molecule has 0 aliphatic carbocycles. The largest absolute Gasteiger partial charge is 0.317 e. The van der Waals surface area contributed by atoms with E-state index in [4.69, 9.17) is 0 Å². The number of rotatable bonds is 9. The first-order valence-electron chi connectivity index (χ1n) is 6.80. The number of nitrogens with one attached hydrogen (secondary N) is 2. The molecule has 0 saturated heterocycles. The molecule has 2 nitrogen and oxygen atoms in total. The van der Waals surface area contributed by atoms with Gasteiger partial charge in [-0.2, -0.15) is 0 Å². The Labute approximate surface area is 106 Å². The maximum Gasteiger partial charge on any atom is -0.00368 e. The molecule has 0 aliphatic rings. The van der Waals surface area contributed by atoms with Crippen molar-refractivity contribution >= 4 is 0 Å². The van der Waals surface area contributed by atoms with Crippen molar-refractivity contribution in [3.8, 4) is 0 Å². The highest BCUT2D eigenvalue weighted by Crippen LogP contribution is 2.05. The minimum atomic E-state index is 1.08. The molecule has 0 aliphatic heterocycles. The van der Waals surface area contributed by atoms with Crippen LogP contribution >= 0.6 is 0 Å². The van der Waals surface area contributed by atoms with Crippen LogP contribution in [-0.4, -0.2) is 26.2 Å². The van der Waals surface area contributed by atoms with Crippen LogP contribution in [0.1, 0.15) is 30.9 Å². The van der Waals surface area contributed by atoms with Crippen molar-refractivity contribution in [3.05, 3.63) is 35.4 Å². The molecule has 0 atom stereocenters. The van der Waals surface area contributed by atoms with Crippen molar-refractivity contribution in [1.29, 1.82) is 0 Å². The molecular weight excluding hydrogens is 208 g/mol. The summed E-state index contributed by atoms with van der Waals surface area (Å²) in [5, 5.41) is 6.82. The van der Waals surface area contributed by atoms with Crippen LogP contribution in [0, 0.1) is 6.92 Å². The van der Waals surface area contributed by atoms with Crippen molar-refractivity contribution in [3.63, 3.8) is 0 Å². The molecular formula is C15H26N2. The Balaban J connectivity index is 1.95. The number of hydrogen-bond acceptors (Lipinski definition) is 2. The van der Waals surface area contributed by atoms with Gasteiger partial charge >= 0.3 is 0 Å². The first-order valence-corrected chi connectivity index (χ1v) is 6.80. The van der Waals surface area contributed by atoms with Crippen molar-refractivity contribution in [1.82, 2.24) is 10.6 Å². The third-order valence-electron chi connectivity index (χ3n) is 2.90. The summed E-state index contributed by atoms with van der Waals surface area (Å²) in [6.07, 6.45) is 3.63. The maximum absolute atomic E-state index is 3.49. The van der Waals surface area contributed by atoms with Crippen molar-refractivity contribution in [2.75, 3.05) is 26.2 Å². The first kappa shape index (κ1) is 14.2. The van der Waals surface area contributed by atoms with Crippen LogP contribution in [-0.2, 0) is 6.42 Å². The highest BCUT2D eigenvalue weighted by molar-refractivity contribution is 5.21. The van der Waals surface area contributed by atoms with Gasteiger partial charge in [-0.3, -0.25) is 0 Å².